The van der Waals surface area contributed by atoms with Crippen LogP contribution in [0.3, 0.4) is 0 Å². The van der Waals surface area contributed by atoms with Crippen molar-refractivity contribution in [3.05, 3.63) is 11.3 Å². The molecule has 0 N–H and O–H groups in total. The lowest BCUT2D eigenvalue weighted by molar-refractivity contribution is -0.300. The molecule has 0 spiro atoms. The fraction of sp³-hybridized carbons (Fsp3) is 0.500. The molecule has 0 aromatic rings. The molecule has 66 valence electrons. The van der Waals surface area contributed by atoms with Crippen molar-refractivity contribution in [2.75, 3.05) is 7.11 Å². The molecule has 0 aliphatic heterocycles. The molecule has 12 heavy (non-hydrogen) atoms. The highest BCUT2D eigenvalue weighted by molar-refractivity contribution is 5.91. The van der Waals surface area contributed by atoms with Gasteiger partial charge in [-0.3, -0.25) is 0 Å². The summed E-state index contributed by atoms with van der Waals surface area (Å²) in [6, 6.07) is 0. The van der Waals surface area contributed by atoms with Crippen LogP contribution >= 0.6 is 0 Å². The van der Waals surface area contributed by atoms with E-state index < -0.39 is 11.9 Å². The van der Waals surface area contributed by atoms with E-state index in [0.29, 0.717) is 24.9 Å². The number of carboxylic acids is 1. The van der Waals surface area contributed by atoms with Gasteiger partial charge in [-0.15, -0.1) is 0 Å². The van der Waals surface area contributed by atoms with Crippen LogP contribution in [0.1, 0.15) is 12.8 Å². The maximum Gasteiger partial charge on any atom is 0.127 e. The second-order valence-corrected chi connectivity index (χ2v) is 2.61. The minimum Gasteiger partial charge on any atom is -0.545 e. The molecule has 1 unspecified atom stereocenters. The smallest absolute Gasteiger partial charge is 0.127 e. The van der Waals surface area contributed by atoms with Crippen molar-refractivity contribution in [1.82, 2.24) is 0 Å². The van der Waals surface area contributed by atoms with Crippen molar-refractivity contribution in [1.29, 1.82) is 0 Å². The molecule has 1 atom stereocenters. The number of carboxylic acid groups (broad SMARTS) is 1. The standard InChI is InChI=1S/C8H10O4/c1-12-6-3-2-5(4-9)7(6)8(10)11/h4-5H,2-3H2,1H3,(H,10,11)/p-1. The first-order valence-electron chi connectivity index (χ1n) is 3.64. The molecule has 1 aliphatic rings. The van der Waals surface area contributed by atoms with Crippen LogP contribution in [0.2, 0.25) is 0 Å². The molecule has 1 aliphatic carbocycles. The summed E-state index contributed by atoms with van der Waals surface area (Å²) in [4.78, 5) is 20.9. The Bertz CT molecular complexity index is 241. The van der Waals surface area contributed by atoms with Gasteiger partial charge in [0, 0.05) is 17.9 Å². The van der Waals surface area contributed by atoms with Crippen LogP contribution in [0, 0.1) is 5.92 Å². The number of methoxy groups -OCH3 is 1. The summed E-state index contributed by atoms with van der Waals surface area (Å²) in [5.41, 5.74) is 0.00694. The van der Waals surface area contributed by atoms with Gasteiger partial charge in [-0.1, -0.05) is 0 Å². The van der Waals surface area contributed by atoms with E-state index in [1.54, 1.807) is 0 Å². The van der Waals surface area contributed by atoms with E-state index in [-0.39, 0.29) is 5.57 Å². The third-order valence-corrected chi connectivity index (χ3v) is 1.98. The first-order chi connectivity index (χ1) is 5.70. The molecule has 0 saturated heterocycles. The number of ether oxygens (including phenoxy) is 1. The molecule has 4 nitrogen and oxygen atoms in total. The molecule has 1 rings (SSSR count). The summed E-state index contributed by atoms with van der Waals surface area (Å²) in [6.45, 7) is 0. The second-order valence-electron chi connectivity index (χ2n) is 2.61. The topological polar surface area (TPSA) is 66.4 Å². The van der Waals surface area contributed by atoms with Crippen molar-refractivity contribution >= 4 is 12.3 Å². The van der Waals surface area contributed by atoms with Gasteiger partial charge in [-0.25, -0.2) is 0 Å². The first-order valence-corrected chi connectivity index (χ1v) is 3.64. The SMILES string of the molecule is COC1=C(C(=O)[O-])C(C=O)CC1. The molecule has 4 heteroatoms. The fourth-order valence-electron chi connectivity index (χ4n) is 1.39. The van der Waals surface area contributed by atoms with Crippen LogP contribution < -0.4 is 5.11 Å². The van der Waals surface area contributed by atoms with E-state index in [1.165, 1.54) is 7.11 Å². The highest BCUT2D eigenvalue weighted by Gasteiger charge is 2.26. The molecule has 0 fully saturated rings. The zero-order valence-corrected chi connectivity index (χ0v) is 6.70. The molecule has 0 amide bonds. The normalized spacial score (nSPS) is 22.6. The molecule has 0 bridgehead atoms. The van der Waals surface area contributed by atoms with Gasteiger partial charge in [0.2, 0.25) is 0 Å². The van der Waals surface area contributed by atoms with Gasteiger partial charge in [-0.05, 0) is 6.42 Å². The molecule has 0 heterocycles. The van der Waals surface area contributed by atoms with Gasteiger partial charge in [-0.2, -0.15) is 0 Å². The second kappa shape index (κ2) is 3.38. The Hall–Kier alpha value is -1.32. The van der Waals surface area contributed by atoms with Gasteiger partial charge in [0.15, 0.2) is 0 Å². The zero-order chi connectivity index (χ0) is 9.14. The number of allylic oxidation sites excluding steroid dienone is 1. The lowest BCUT2D eigenvalue weighted by Crippen LogP contribution is -2.28. The lowest BCUT2D eigenvalue weighted by Gasteiger charge is -2.09. The average molecular weight is 169 g/mol. The highest BCUT2D eigenvalue weighted by Crippen LogP contribution is 2.30. The molecule has 0 saturated carbocycles. The number of aliphatic carboxylic acids is 1. The Kier molecular flexibility index (Phi) is 2.47. The molecule has 0 aromatic carbocycles. The number of hydrogen-bond donors (Lipinski definition) is 0. The summed E-state index contributed by atoms with van der Waals surface area (Å²) < 4.78 is 4.82. The lowest BCUT2D eigenvalue weighted by atomic mass is 10.0. The number of carbonyl (C=O) groups is 2. The van der Waals surface area contributed by atoms with Crippen LogP contribution in [0.15, 0.2) is 11.3 Å². The third-order valence-electron chi connectivity index (χ3n) is 1.98. The molecular formula is C8H9O4-. The van der Waals surface area contributed by atoms with Crippen molar-refractivity contribution < 1.29 is 19.4 Å². The van der Waals surface area contributed by atoms with Crippen LogP contribution in [0.4, 0.5) is 0 Å². The Morgan fingerprint density at radius 1 is 1.75 bits per heavy atom. The van der Waals surface area contributed by atoms with E-state index in [1.807, 2.05) is 0 Å². The summed E-state index contributed by atoms with van der Waals surface area (Å²) in [5, 5.41) is 10.5. The van der Waals surface area contributed by atoms with E-state index in [0.717, 1.165) is 0 Å². The Morgan fingerprint density at radius 3 is 2.83 bits per heavy atom. The van der Waals surface area contributed by atoms with Crippen LogP contribution in [-0.4, -0.2) is 19.4 Å². The average Bonchev–Trinajstić information content (AvgIpc) is 2.46. The van der Waals surface area contributed by atoms with Crippen molar-refractivity contribution in [2.45, 2.75) is 12.8 Å². The van der Waals surface area contributed by atoms with Gasteiger partial charge >= 0.3 is 0 Å². The van der Waals surface area contributed by atoms with Crippen LogP contribution in [0.5, 0.6) is 0 Å². The van der Waals surface area contributed by atoms with Crippen molar-refractivity contribution in [2.24, 2.45) is 5.92 Å². The van der Waals surface area contributed by atoms with E-state index >= 15 is 0 Å². The van der Waals surface area contributed by atoms with E-state index in [4.69, 9.17) is 4.74 Å². The minimum absolute atomic E-state index is 0.00694. The van der Waals surface area contributed by atoms with Gasteiger partial charge in [0.25, 0.3) is 0 Å². The monoisotopic (exact) mass is 169 g/mol. The number of hydrogen-bond acceptors (Lipinski definition) is 4. The van der Waals surface area contributed by atoms with Crippen LogP contribution in [-0.2, 0) is 14.3 Å². The largest absolute Gasteiger partial charge is 0.545 e. The predicted octanol–water partition coefficient (Wildman–Crippen LogP) is -0.754. The number of rotatable bonds is 3. The molecule has 0 aromatic heterocycles. The van der Waals surface area contributed by atoms with Crippen molar-refractivity contribution in [3.63, 3.8) is 0 Å². The van der Waals surface area contributed by atoms with Gasteiger partial charge in [0.1, 0.15) is 12.0 Å². The van der Waals surface area contributed by atoms with Crippen molar-refractivity contribution in [3.8, 4) is 0 Å². The fourth-order valence-corrected chi connectivity index (χ4v) is 1.39. The Balaban J connectivity index is 2.96. The maximum atomic E-state index is 10.5. The Morgan fingerprint density at radius 2 is 2.42 bits per heavy atom. The summed E-state index contributed by atoms with van der Waals surface area (Å²) in [7, 11) is 1.39. The molecular weight excluding hydrogens is 160 g/mol. The maximum absolute atomic E-state index is 10.5. The summed E-state index contributed by atoms with van der Waals surface area (Å²) in [5.74, 6) is -1.49. The number of aldehydes is 1. The van der Waals surface area contributed by atoms with Crippen LogP contribution in [0.25, 0.3) is 0 Å². The third kappa shape index (κ3) is 1.32. The Labute approximate surface area is 69.8 Å². The first kappa shape index (κ1) is 8.77. The summed E-state index contributed by atoms with van der Waals surface area (Å²) in [6.07, 6.45) is 1.64. The zero-order valence-electron chi connectivity index (χ0n) is 6.70. The summed E-state index contributed by atoms with van der Waals surface area (Å²) >= 11 is 0. The highest BCUT2D eigenvalue weighted by atomic mass is 16.5. The predicted molar refractivity (Wildman–Crippen MR) is 37.8 cm³/mol. The van der Waals surface area contributed by atoms with Gasteiger partial charge < -0.3 is 19.4 Å². The van der Waals surface area contributed by atoms with Gasteiger partial charge in [0.05, 0.1) is 13.1 Å². The van der Waals surface area contributed by atoms with E-state index in [2.05, 4.69) is 0 Å². The number of carbonyl (C=O) groups excluding carboxylic acids is 2. The van der Waals surface area contributed by atoms with E-state index in [9.17, 15) is 14.7 Å². The quantitative estimate of drug-likeness (QED) is 0.521. The minimum atomic E-state index is -1.30. The molecule has 0 radical (unpaired) electrons.